The van der Waals surface area contributed by atoms with Crippen LogP contribution in [-0.2, 0) is 6.61 Å². The van der Waals surface area contributed by atoms with Crippen molar-refractivity contribution in [2.75, 3.05) is 0 Å². The Balaban J connectivity index is 2.16. The number of rotatable bonds is 4. The summed E-state index contributed by atoms with van der Waals surface area (Å²) in [6.07, 6.45) is 0. The zero-order valence-corrected chi connectivity index (χ0v) is 11.2. The van der Waals surface area contributed by atoms with Crippen LogP contribution < -0.4 is 10.5 Å². The zero-order valence-electron chi connectivity index (χ0n) is 10.5. The van der Waals surface area contributed by atoms with E-state index in [0.29, 0.717) is 23.1 Å². The van der Waals surface area contributed by atoms with Gasteiger partial charge in [0.1, 0.15) is 12.4 Å². The summed E-state index contributed by atoms with van der Waals surface area (Å²) in [5.41, 5.74) is 7.70. The van der Waals surface area contributed by atoms with E-state index in [1.54, 1.807) is 12.1 Å². The van der Waals surface area contributed by atoms with Gasteiger partial charge in [0.05, 0.1) is 0 Å². The highest BCUT2D eigenvalue weighted by Gasteiger charge is 2.05. The average molecular weight is 276 g/mol. The number of hydrogen-bond acceptors (Lipinski definition) is 3. The Kier molecular flexibility index (Phi) is 4.02. The predicted octanol–water partition coefficient (Wildman–Crippen LogP) is 2.91. The number of nitrogens with zero attached hydrogens (tertiary/aromatic N) is 1. The van der Waals surface area contributed by atoms with E-state index in [2.05, 4.69) is 4.98 Å². The Hall–Kier alpha value is -2.07. The van der Waals surface area contributed by atoms with Gasteiger partial charge in [-0.2, -0.15) is 0 Å². The molecule has 2 aromatic rings. The van der Waals surface area contributed by atoms with Crippen LogP contribution in [0.2, 0.25) is 5.02 Å². The molecule has 0 spiro atoms. The average Bonchev–Trinajstić information content (AvgIpc) is 2.37. The van der Waals surface area contributed by atoms with Crippen molar-refractivity contribution in [1.29, 1.82) is 5.41 Å². The molecule has 0 saturated heterocycles. The molecule has 1 aromatic carbocycles. The topological polar surface area (TPSA) is 72.0 Å². The van der Waals surface area contributed by atoms with Gasteiger partial charge in [-0.3, -0.25) is 5.41 Å². The summed E-state index contributed by atoms with van der Waals surface area (Å²) in [5.74, 6) is 0.429. The molecule has 1 heterocycles. The predicted molar refractivity (Wildman–Crippen MR) is 75.8 cm³/mol. The van der Waals surface area contributed by atoms with Crippen molar-refractivity contribution in [1.82, 2.24) is 4.98 Å². The summed E-state index contributed by atoms with van der Waals surface area (Å²) in [7, 11) is 0. The lowest BCUT2D eigenvalue weighted by atomic mass is 10.2. The van der Waals surface area contributed by atoms with Crippen LogP contribution in [0.3, 0.4) is 0 Å². The smallest absolute Gasteiger partial charge is 0.214 e. The highest BCUT2D eigenvalue weighted by molar-refractivity contribution is 6.31. The summed E-state index contributed by atoms with van der Waals surface area (Å²) in [6, 6.07) is 10.9. The molecule has 0 amide bonds. The number of ether oxygens (including phenoxy) is 1. The van der Waals surface area contributed by atoms with E-state index in [9.17, 15) is 0 Å². The van der Waals surface area contributed by atoms with Gasteiger partial charge in [0.15, 0.2) is 0 Å². The van der Waals surface area contributed by atoms with E-state index in [1.807, 2.05) is 31.2 Å². The van der Waals surface area contributed by atoms with Gasteiger partial charge >= 0.3 is 0 Å². The maximum atomic E-state index is 7.43. The quantitative estimate of drug-likeness (QED) is 0.666. The van der Waals surface area contributed by atoms with E-state index >= 15 is 0 Å². The van der Waals surface area contributed by atoms with Crippen molar-refractivity contribution in [2.45, 2.75) is 13.5 Å². The fourth-order valence-corrected chi connectivity index (χ4v) is 1.82. The minimum atomic E-state index is -0.00639. The molecule has 19 heavy (non-hydrogen) atoms. The third-order valence-corrected chi connectivity index (χ3v) is 2.94. The molecule has 0 radical (unpaired) electrons. The van der Waals surface area contributed by atoms with Crippen molar-refractivity contribution in [3.05, 3.63) is 58.2 Å². The highest BCUT2D eigenvalue weighted by atomic mass is 35.5. The summed E-state index contributed by atoms with van der Waals surface area (Å²) in [4.78, 5) is 4.24. The maximum absolute atomic E-state index is 7.43. The summed E-state index contributed by atoms with van der Waals surface area (Å²) < 4.78 is 5.60. The Morgan fingerprint density at radius 3 is 2.79 bits per heavy atom. The first-order valence-corrected chi connectivity index (χ1v) is 6.13. The number of pyridine rings is 1. The monoisotopic (exact) mass is 275 g/mol. The van der Waals surface area contributed by atoms with Gasteiger partial charge in [0.2, 0.25) is 5.88 Å². The van der Waals surface area contributed by atoms with E-state index in [1.165, 1.54) is 0 Å². The van der Waals surface area contributed by atoms with Crippen LogP contribution in [0.5, 0.6) is 5.88 Å². The molecule has 3 N–H and O–H groups in total. The molecule has 5 heteroatoms. The van der Waals surface area contributed by atoms with Crippen molar-refractivity contribution in [3.8, 4) is 5.88 Å². The molecular weight excluding hydrogens is 262 g/mol. The first-order chi connectivity index (χ1) is 9.06. The van der Waals surface area contributed by atoms with Crippen LogP contribution >= 0.6 is 11.6 Å². The van der Waals surface area contributed by atoms with Gasteiger partial charge in [-0.1, -0.05) is 29.8 Å². The lowest BCUT2D eigenvalue weighted by Crippen LogP contribution is -2.12. The van der Waals surface area contributed by atoms with Crippen molar-refractivity contribution in [3.63, 3.8) is 0 Å². The number of benzene rings is 1. The van der Waals surface area contributed by atoms with Crippen molar-refractivity contribution >= 4 is 17.4 Å². The molecular formula is C14H14ClN3O. The molecule has 0 fully saturated rings. The molecule has 0 aliphatic carbocycles. The Morgan fingerprint density at radius 1 is 1.37 bits per heavy atom. The van der Waals surface area contributed by atoms with Crippen molar-refractivity contribution in [2.24, 2.45) is 5.73 Å². The van der Waals surface area contributed by atoms with Crippen LogP contribution in [0.25, 0.3) is 0 Å². The van der Waals surface area contributed by atoms with Gasteiger partial charge in [0, 0.05) is 27.9 Å². The summed E-state index contributed by atoms with van der Waals surface area (Å²) in [5, 5.41) is 8.09. The molecule has 98 valence electrons. The number of aryl methyl sites for hydroxylation is 1. The van der Waals surface area contributed by atoms with Gasteiger partial charge in [-0.15, -0.1) is 0 Å². The minimum absolute atomic E-state index is 0.00639. The van der Waals surface area contributed by atoms with Crippen molar-refractivity contribution < 1.29 is 4.74 Å². The Labute approximate surface area is 116 Å². The molecule has 0 atom stereocenters. The first kappa shape index (κ1) is 13.4. The van der Waals surface area contributed by atoms with Gasteiger partial charge in [-0.05, 0) is 19.1 Å². The summed E-state index contributed by atoms with van der Waals surface area (Å²) >= 11 is 6.05. The second kappa shape index (κ2) is 5.71. The molecule has 0 bridgehead atoms. The van der Waals surface area contributed by atoms with Gasteiger partial charge in [-0.25, -0.2) is 4.98 Å². The van der Waals surface area contributed by atoms with E-state index in [0.717, 1.165) is 11.3 Å². The number of nitrogen functional groups attached to an aromatic ring is 1. The first-order valence-electron chi connectivity index (χ1n) is 5.75. The second-order valence-corrected chi connectivity index (χ2v) is 4.54. The van der Waals surface area contributed by atoms with Crippen LogP contribution in [0.4, 0.5) is 0 Å². The largest absolute Gasteiger partial charge is 0.473 e. The van der Waals surface area contributed by atoms with Gasteiger partial charge in [0.25, 0.3) is 0 Å². The normalized spacial score (nSPS) is 10.2. The number of aromatic nitrogens is 1. The highest BCUT2D eigenvalue weighted by Crippen LogP contribution is 2.18. The lowest BCUT2D eigenvalue weighted by Gasteiger charge is -2.09. The number of hydrogen-bond donors (Lipinski definition) is 2. The molecule has 0 aliphatic rings. The number of nitrogens with one attached hydrogen (secondary N) is 1. The zero-order chi connectivity index (χ0) is 13.8. The Bertz CT molecular complexity index is 613. The number of amidine groups is 1. The fraction of sp³-hybridized carbons (Fsp3) is 0.143. The standard InChI is InChI=1S/C14H14ClN3O/c1-9-6-11(14(16)17)7-13(18-9)19-8-10-4-2-3-5-12(10)15/h2-7H,8H2,1H3,(H3,16,17). The van der Waals surface area contributed by atoms with Crippen LogP contribution in [-0.4, -0.2) is 10.8 Å². The lowest BCUT2D eigenvalue weighted by molar-refractivity contribution is 0.293. The van der Waals surface area contributed by atoms with E-state index < -0.39 is 0 Å². The van der Waals surface area contributed by atoms with Gasteiger partial charge < -0.3 is 10.5 Å². The second-order valence-electron chi connectivity index (χ2n) is 4.13. The number of halogens is 1. The maximum Gasteiger partial charge on any atom is 0.214 e. The summed E-state index contributed by atoms with van der Waals surface area (Å²) in [6.45, 7) is 2.16. The fourth-order valence-electron chi connectivity index (χ4n) is 1.63. The van der Waals surface area contributed by atoms with E-state index in [-0.39, 0.29) is 5.84 Å². The molecule has 0 unspecified atom stereocenters. The molecule has 0 aliphatic heterocycles. The number of nitrogens with two attached hydrogens (primary N) is 1. The van der Waals surface area contributed by atoms with E-state index in [4.69, 9.17) is 27.5 Å². The minimum Gasteiger partial charge on any atom is -0.473 e. The molecule has 1 aromatic heterocycles. The van der Waals surface area contributed by atoms with Crippen LogP contribution in [0, 0.1) is 12.3 Å². The SMILES string of the molecule is Cc1cc(C(=N)N)cc(OCc2ccccc2Cl)n1. The Morgan fingerprint density at radius 2 is 2.11 bits per heavy atom. The third-order valence-electron chi connectivity index (χ3n) is 2.57. The molecule has 2 rings (SSSR count). The van der Waals surface area contributed by atoms with Crippen LogP contribution in [0.1, 0.15) is 16.8 Å². The van der Waals surface area contributed by atoms with Crippen LogP contribution in [0.15, 0.2) is 36.4 Å². The third kappa shape index (κ3) is 3.45. The molecule has 4 nitrogen and oxygen atoms in total. The molecule has 0 saturated carbocycles.